The van der Waals surface area contributed by atoms with Crippen molar-refractivity contribution >= 4 is 43.9 Å². The number of nitrogens with zero attached hydrogens (tertiary/aromatic N) is 2. The molecule has 1 aliphatic rings. The number of rotatable bonds is 3. The zero-order chi connectivity index (χ0) is 15.7. The number of hydrogen-bond acceptors (Lipinski definition) is 4. The van der Waals surface area contributed by atoms with Gasteiger partial charge in [-0.3, -0.25) is 9.78 Å². The van der Waals surface area contributed by atoms with Crippen molar-refractivity contribution in [2.75, 3.05) is 22.3 Å². The SMILES string of the molecule is O=C(CCl)N(c1ccc2ncccc2c1)[C@@H]1CCS(=O)(=O)C1. The smallest absolute Gasteiger partial charge is 0.242 e. The summed E-state index contributed by atoms with van der Waals surface area (Å²) in [5, 5.41) is 0.897. The van der Waals surface area contributed by atoms with Gasteiger partial charge in [0, 0.05) is 17.3 Å². The average Bonchev–Trinajstić information content (AvgIpc) is 2.87. The first kappa shape index (κ1) is 15.2. The van der Waals surface area contributed by atoms with Gasteiger partial charge in [-0.1, -0.05) is 6.07 Å². The summed E-state index contributed by atoms with van der Waals surface area (Å²) in [5.74, 6) is -0.367. The van der Waals surface area contributed by atoms with E-state index in [1.807, 2.05) is 24.3 Å². The maximum atomic E-state index is 12.2. The standard InChI is InChI=1S/C15H15ClN2O3S/c16-9-15(19)18(13-5-7-22(20,21)10-13)12-3-4-14-11(8-12)2-1-6-17-14/h1-4,6,8,13H,5,7,9-10H2/t13-/m1/s1. The van der Waals surface area contributed by atoms with Crippen LogP contribution in [0.5, 0.6) is 0 Å². The van der Waals surface area contributed by atoms with Gasteiger partial charge in [0.25, 0.3) is 0 Å². The predicted molar refractivity (Wildman–Crippen MR) is 87.0 cm³/mol. The molecule has 2 aromatic rings. The summed E-state index contributed by atoms with van der Waals surface area (Å²) < 4.78 is 23.4. The van der Waals surface area contributed by atoms with Gasteiger partial charge in [-0.05, 0) is 30.7 Å². The van der Waals surface area contributed by atoms with Crippen LogP contribution in [0.1, 0.15) is 6.42 Å². The summed E-state index contributed by atoms with van der Waals surface area (Å²) >= 11 is 5.71. The largest absolute Gasteiger partial charge is 0.307 e. The van der Waals surface area contributed by atoms with Gasteiger partial charge in [-0.15, -0.1) is 11.6 Å². The lowest BCUT2D eigenvalue weighted by Crippen LogP contribution is -2.42. The molecule has 7 heteroatoms. The summed E-state index contributed by atoms with van der Waals surface area (Å²) in [7, 11) is -3.08. The van der Waals surface area contributed by atoms with Gasteiger partial charge >= 0.3 is 0 Å². The Morgan fingerprint density at radius 2 is 2.18 bits per heavy atom. The van der Waals surface area contributed by atoms with E-state index in [9.17, 15) is 13.2 Å². The Balaban J connectivity index is 2.02. The van der Waals surface area contributed by atoms with E-state index in [2.05, 4.69) is 4.98 Å². The maximum absolute atomic E-state index is 12.2. The van der Waals surface area contributed by atoms with Crippen molar-refractivity contribution < 1.29 is 13.2 Å². The highest BCUT2D eigenvalue weighted by Gasteiger charge is 2.35. The molecule has 3 rings (SSSR count). The van der Waals surface area contributed by atoms with E-state index in [-0.39, 0.29) is 29.3 Å². The van der Waals surface area contributed by atoms with Crippen LogP contribution >= 0.6 is 11.6 Å². The van der Waals surface area contributed by atoms with Gasteiger partial charge in [0.05, 0.1) is 23.1 Å². The molecule has 0 bridgehead atoms. The zero-order valence-electron chi connectivity index (χ0n) is 11.8. The van der Waals surface area contributed by atoms with Gasteiger partial charge in [-0.2, -0.15) is 0 Å². The first-order chi connectivity index (χ1) is 10.5. The molecule has 0 spiro atoms. The molecular weight excluding hydrogens is 324 g/mol. The Kier molecular flexibility index (Phi) is 4.06. The normalized spacial score (nSPS) is 20.1. The molecule has 1 aromatic carbocycles. The second-order valence-electron chi connectivity index (χ2n) is 5.33. The number of carbonyl (C=O) groups is 1. The van der Waals surface area contributed by atoms with Crippen molar-refractivity contribution in [3.63, 3.8) is 0 Å². The average molecular weight is 339 g/mol. The number of amides is 1. The van der Waals surface area contributed by atoms with Gasteiger partial charge in [0.1, 0.15) is 5.88 Å². The molecule has 0 saturated carbocycles. The van der Waals surface area contributed by atoms with Crippen molar-refractivity contribution in [2.24, 2.45) is 0 Å². The molecule has 1 saturated heterocycles. The van der Waals surface area contributed by atoms with E-state index in [1.54, 1.807) is 12.3 Å². The molecule has 116 valence electrons. The van der Waals surface area contributed by atoms with E-state index in [1.165, 1.54) is 4.90 Å². The Hall–Kier alpha value is -1.66. The quantitative estimate of drug-likeness (QED) is 0.803. The van der Waals surface area contributed by atoms with Crippen LogP contribution in [0.3, 0.4) is 0 Å². The van der Waals surface area contributed by atoms with Crippen LogP contribution in [-0.4, -0.2) is 42.7 Å². The van der Waals surface area contributed by atoms with Crippen molar-refractivity contribution in [1.29, 1.82) is 0 Å². The third-order valence-electron chi connectivity index (χ3n) is 3.82. The molecule has 1 aromatic heterocycles. The fraction of sp³-hybridized carbons (Fsp3) is 0.333. The molecule has 1 atom stereocenters. The topological polar surface area (TPSA) is 67.3 Å². The summed E-state index contributed by atoms with van der Waals surface area (Å²) in [5.41, 5.74) is 1.48. The number of hydrogen-bond donors (Lipinski definition) is 0. The maximum Gasteiger partial charge on any atom is 0.242 e. The molecule has 1 aliphatic heterocycles. The monoisotopic (exact) mass is 338 g/mol. The molecular formula is C15H15ClN2O3S. The highest BCUT2D eigenvalue weighted by molar-refractivity contribution is 7.91. The van der Waals surface area contributed by atoms with Crippen LogP contribution in [0.2, 0.25) is 0 Å². The van der Waals surface area contributed by atoms with Crippen molar-refractivity contribution in [3.05, 3.63) is 36.5 Å². The van der Waals surface area contributed by atoms with E-state index in [0.29, 0.717) is 12.1 Å². The fourth-order valence-electron chi connectivity index (χ4n) is 2.81. The summed E-state index contributed by atoms with van der Waals surface area (Å²) in [6.45, 7) is 0. The number of anilines is 1. The molecule has 2 heterocycles. The van der Waals surface area contributed by atoms with Crippen molar-refractivity contribution in [3.8, 4) is 0 Å². The van der Waals surface area contributed by atoms with Gasteiger partial charge in [-0.25, -0.2) is 8.42 Å². The predicted octanol–water partition coefficient (Wildman–Crippen LogP) is 1.99. The van der Waals surface area contributed by atoms with Crippen molar-refractivity contribution in [2.45, 2.75) is 12.5 Å². The van der Waals surface area contributed by atoms with Gasteiger partial charge in [0.15, 0.2) is 9.84 Å². The van der Waals surface area contributed by atoms with Crippen LogP contribution in [0, 0.1) is 0 Å². The minimum absolute atomic E-state index is 0.0132. The molecule has 0 radical (unpaired) electrons. The van der Waals surface area contributed by atoms with E-state index in [4.69, 9.17) is 11.6 Å². The lowest BCUT2D eigenvalue weighted by molar-refractivity contribution is -0.116. The number of pyridine rings is 1. The summed E-state index contributed by atoms with van der Waals surface area (Å²) in [6, 6.07) is 8.82. The van der Waals surface area contributed by atoms with Crippen LogP contribution in [-0.2, 0) is 14.6 Å². The van der Waals surface area contributed by atoms with E-state index >= 15 is 0 Å². The van der Waals surface area contributed by atoms with Gasteiger partial charge in [0.2, 0.25) is 5.91 Å². The molecule has 1 fully saturated rings. The number of benzene rings is 1. The number of fused-ring (bicyclic) bond motifs is 1. The van der Waals surface area contributed by atoms with Crippen LogP contribution < -0.4 is 4.90 Å². The Bertz CT molecular complexity index is 822. The summed E-state index contributed by atoms with van der Waals surface area (Å²) in [6.07, 6.45) is 2.14. The highest BCUT2D eigenvalue weighted by atomic mass is 35.5. The van der Waals surface area contributed by atoms with E-state index < -0.39 is 9.84 Å². The first-order valence-electron chi connectivity index (χ1n) is 6.93. The number of aromatic nitrogens is 1. The second kappa shape index (κ2) is 5.85. The number of halogens is 1. The lowest BCUT2D eigenvalue weighted by Gasteiger charge is -2.28. The number of sulfone groups is 1. The molecule has 0 N–H and O–H groups in total. The Morgan fingerprint density at radius 3 is 2.86 bits per heavy atom. The van der Waals surface area contributed by atoms with Gasteiger partial charge < -0.3 is 4.90 Å². The first-order valence-corrected chi connectivity index (χ1v) is 9.29. The minimum atomic E-state index is -3.08. The fourth-order valence-corrected chi connectivity index (χ4v) is 4.64. The molecule has 0 aliphatic carbocycles. The Morgan fingerprint density at radius 1 is 1.36 bits per heavy atom. The third kappa shape index (κ3) is 2.94. The lowest BCUT2D eigenvalue weighted by atomic mass is 10.1. The molecule has 1 amide bonds. The second-order valence-corrected chi connectivity index (χ2v) is 7.83. The van der Waals surface area contributed by atoms with E-state index in [0.717, 1.165) is 10.9 Å². The highest BCUT2D eigenvalue weighted by Crippen LogP contribution is 2.27. The number of carbonyl (C=O) groups excluding carboxylic acids is 1. The number of alkyl halides is 1. The van der Waals surface area contributed by atoms with Crippen LogP contribution in [0.4, 0.5) is 5.69 Å². The van der Waals surface area contributed by atoms with Crippen molar-refractivity contribution in [1.82, 2.24) is 4.98 Å². The van der Waals surface area contributed by atoms with Crippen LogP contribution in [0.15, 0.2) is 36.5 Å². The minimum Gasteiger partial charge on any atom is -0.307 e. The summed E-state index contributed by atoms with van der Waals surface area (Å²) in [4.78, 5) is 18.0. The molecule has 5 nitrogen and oxygen atoms in total. The zero-order valence-corrected chi connectivity index (χ0v) is 13.3. The molecule has 0 unspecified atom stereocenters. The third-order valence-corrected chi connectivity index (χ3v) is 5.80. The molecule has 22 heavy (non-hydrogen) atoms. The Labute approximate surface area is 133 Å². The van der Waals surface area contributed by atoms with Crippen LogP contribution in [0.25, 0.3) is 10.9 Å².